The molecule has 4 nitrogen and oxygen atoms in total. The van der Waals surface area contributed by atoms with Gasteiger partial charge in [0.05, 0.1) is 24.9 Å². The summed E-state index contributed by atoms with van der Waals surface area (Å²) in [6.45, 7) is 0.390. The Balaban J connectivity index is 2.48. The van der Waals surface area contributed by atoms with Crippen LogP contribution in [0.3, 0.4) is 0 Å². The van der Waals surface area contributed by atoms with Gasteiger partial charge in [-0.2, -0.15) is 0 Å². The van der Waals surface area contributed by atoms with E-state index >= 15 is 0 Å². The van der Waals surface area contributed by atoms with E-state index in [-0.39, 0.29) is 0 Å². The van der Waals surface area contributed by atoms with Gasteiger partial charge in [-0.1, -0.05) is 41.9 Å². The molecule has 0 radical (unpaired) electrons. The predicted octanol–water partition coefficient (Wildman–Crippen LogP) is 3.39. The molecule has 2 aromatic carbocycles. The first-order valence-electron chi connectivity index (χ1n) is 6.84. The van der Waals surface area contributed by atoms with Crippen molar-refractivity contribution >= 4 is 38.8 Å². The summed E-state index contributed by atoms with van der Waals surface area (Å²) in [5.74, 6) is 3.26. The van der Waals surface area contributed by atoms with Crippen molar-refractivity contribution in [2.75, 3.05) is 17.7 Å². The molecule has 0 heterocycles. The molecule has 0 aliphatic heterocycles. The Morgan fingerprint density at radius 2 is 1.91 bits per heavy atom. The molecule has 122 valence electrons. The quantitative estimate of drug-likeness (QED) is 0.612. The van der Waals surface area contributed by atoms with Crippen molar-refractivity contribution in [3.63, 3.8) is 0 Å². The van der Waals surface area contributed by atoms with Crippen LogP contribution < -0.4 is 4.31 Å². The molecule has 1 unspecified atom stereocenters. The second kappa shape index (κ2) is 7.06. The first kappa shape index (κ1) is 17.4. The van der Waals surface area contributed by atoms with E-state index in [1.54, 1.807) is 22.7 Å². The Kier molecular flexibility index (Phi) is 5.34. The minimum atomic E-state index is -2.56. The third-order valence-electron chi connectivity index (χ3n) is 3.23. The predicted molar refractivity (Wildman–Crippen MR) is 96.6 cm³/mol. The number of halogens is 1. The number of carbonyl (C=O) groups is 1. The number of nitrogens with zero attached hydrogens (tertiary/aromatic N) is 1. The number of anilines is 1. The van der Waals surface area contributed by atoms with Crippen molar-refractivity contribution in [3.8, 4) is 0 Å². The highest BCUT2D eigenvalue weighted by atomic mass is 35.5. The number of benzene rings is 2. The van der Waals surface area contributed by atoms with E-state index in [0.29, 0.717) is 22.8 Å². The van der Waals surface area contributed by atoms with Crippen LogP contribution in [0.2, 0.25) is 5.02 Å². The van der Waals surface area contributed by atoms with Gasteiger partial charge < -0.3 is 4.74 Å². The molecular formula is C17H18ClNO3S. The summed E-state index contributed by atoms with van der Waals surface area (Å²) in [6, 6.07) is 14.4. The number of carbonyl (C=O) groups excluding carboxylic acids is 1. The second-order valence-corrected chi connectivity index (χ2v) is 7.97. The second-order valence-electron chi connectivity index (χ2n) is 5.17. The zero-order valence-electron chi connectivity index (χ0n) is 13.0. The lowest BCUT2D eigenvalue weighted by Crippen LogP contribution is -2.29. The van der Waals surface area contributed by atoms with Crippen molar-refractivity contribution < 1.29 is 13.7 Å². The van der Waals surface area contributed by atoms with E-state index in [4.69, 9.17) is 16.3 Å². The molecule has 2 aromatic rings. The minimum absolute atomic E-state index is 0.303. The van der Waals surface area contributed by atoms with Crippen LogP contribution in [0.5, 0.6) is 0 Å². The van der Waals surface area contributed by atoms with Crippen LogP contribution in [0.1, 0.15) is 15.9 Å². The average Bonchev–Trinajstić information content (AvgIpc) is 2.51. The van der Waals surface area contributed by atoms with E-state index in [9.17, 15) is 9.00 Å². The van der Waals surface area contributed by atoms with Crippen LogP contribution in [0.15, 0.2) is 48.5 Å². The van der Waals surface area contributed by atoms with Crippen molar-refractivity contribution in [1.29, 1.82) is 0 Å². The van der Waals surface area contributed by atoms with Gasteiger partial charge in [0.25, 0.3) is 0 Å². The molecular weight excluding hydrogens is 334 g/mol. The SMILES string of the molecule is C=S(C)(=O)N(Cc1ccccc1)c1cc(Cl)cc(C(=O)OC)c1. The Hall–Kier alpha value is -1.98. The van der Waals surface area contributed by atoms with Crippen molar-refractivity contribution in [1.82, 2.24) is 0 Å². The first-order valence-corrected chi connectivity index (χ1v) is 9.31. The standard InChI is InChI=1S/C17H18ClNO3S/c1-22-17(20)14-9-15(18)11-16(10-14)19(23(2,3)21)12-13-7-5-4-6-8-13/h4-11H,2,12H2,1,3H3. The summed E-state index contributed by atoms with van der Waals surface area (Å²) in [7, 11) is -1.26. The fraction of sp³-hybridized carbons (Fsp3) is 0.176. The Bertz CT molecular complexity index is 804. The fourth-order valence-electron chi connectivity index (χ4n) is 2.15. The van der Waals surface area contributed by atoms with E-state index < -0.39 is 15.7 Å². The zero-order chi connectivity index (χ0) is 17.0. The molecule has 23 heavy (non-hydrogen) atoms. The Morgan fingerprint density at radius 1 is 1.26 bits per heavy atom. The number of hydrogen-bond acceptors (Lipinski definition) is 3. The van der Waals surface area contributed by atoms with Crippen LogP contribution in [0.4, 0.5) is 5.69 Å². The molecule has 1 atom stereocenters. The zero-order valence-corrected chi connectivity index (χ0v) is 14.6. The van der Waals surface area contributed by atoms with Crippen molar-refractivity contribution in [3.05, 3.63) is 64.7 Å². The number of rotatable bonds is 5. The molecule has 0 spiro atoms. The molecule has 0 aromatic heterocycles. The molecule has 6 heteroatoms. The van der Waals surface area contributed by atoms with Gasteiger partial charge in [-0.15, -0.1) is 0 Å². The van der Waals surface area contributed by atoms with E-state index in [0.717, 1.165) is 5.56 Å². The highest BCUT2D eigenvalue weighted by Crippen LogP contribution is 2.26. The first-order chi connectivity index (χ1) is 10.8. The highest BCUT2D eigenvalue weighted by molar-refractivity contribution is 8.00. The van der Waals surface area contributed by atoms with E-state index in [1.165, 1.54) is 13.2 Å². The highest BCUT2D eigenvalue weighted by Gasteiger charge is 2.17. The van der Waals surface area contributed by atoms with Gasteiger partial charge in [0.1, 0.15) is 0 Å². The average molecular weight is 352 g/mol. The van der Waals surface area contributed by atoms with E-state index in [2.05, 4.69) is 5.87 Å². The molecule has 0 bridgehead atoms. The number of esters is 1. The maximum atomic E-state index is 12.6. The summed E-state index contributed by atoms with van der Waals surface area (Å²) in [5, 5.41) is 0.365. The number of hydrogen-bond donors (Lipinski definition) is 0. The molecule has 0 saturated heterocycles. The van der Waals surface area contributed by atoms with Gasteiger partial charge in [0.15, 0.2) is 0 Å². The molecule has 0 fully saturated rings. The van der Waals surface area contributed by atoms with Crippen LogP contribution >= 0.6 is 11.6 Å². The number of ether oxygens (including phenoxy) is 1. The maximum Gasteiger partial charge on any atom is 0.337 e. The third kappa shape index (κ3) is 4.50. The van der Waals surface area contributed by atoms with Gasteiger partial charge in [-0.05, 0) is 29.6 Å². The summed E-state index contributed by atoms with van der Waals surface area (Å²) >= 11 is 6.10. The molecule has 2 rings (SSSR count). The topological polar surface area (TPSA) is 46.6 Å². The van der Waals surface area contributed by atoms with Crippen molar-refractivity contribution in [2.24, 2.45) is 0 Å². The lowest BCUT2D eigenvalue weighted by molar-refractivity contribution is 0.0601. The lowest BCUT2D eigenvalue weighted by Gasteiger charge is -2.27. The van der Waals surface area contributed by atoms with Gasteiger partial charge in [-0.3, -0.25) is 4.31 Å². The van der Waals surface area contributed by atoms with Crippen LogP contribution in [-0.4, -0.2) is 29.4 Å². The normalized spacial score (nSPS) is 13.2. The Morgan fingerprint density at radius 3 is 2.48 bits per heavy atom. The summed E-state index contributed by atoms with van der Waals surface area (Å²) in [5.41, 5.74) is 1.84. The smallest absolute Gasteiger partial charge is 0.337 e. The summed E-state index contributed by atoms with van der Waals surface area (Å²) in [4.78, 5) is 11.8. The molecule has 0 saturated carbocycles. The van der Waals surface area contributed by atoms with Crippen LogP contribution in [0.25, 0.3) is 0 Å². The van der Waals surface area contributed by atoms with Crippen molar-refractivity contribution in [2.45, 2.75) is 6.54 Å². The largest absolute Gasteiger partial charge is 0.465 e. The summed E-state index contributed by atoms with van der Waals surface area (Å²) in [6.07, 6.45) is 1.55. The van der Waals surface area contributed by atoms with Crippen LogP contribution in [-0.2, 0) is 21.0 Å². The fourth-order valence-corrected chi connectivity index (χ4v) is 3.36. The summed E-state index contributed by atoms with van der Waals surface area (Å²) < 4.78 is 19.0. The molecule has 0 amide bonds. The lowest BCUT2D eigenvalue weighted by atomic mass is 10.2. The van der Waals surface area contributed by atoms with Gasteiger partial charge in [-0.25, -0.2) is 9.00 Å². The Labute approximate surface area is 141 Å². The monoisotopic (exact) mass is 351 g/mol. The molecule has 0 N–H and O–H groups in total. The van der Waals surface area contributed by atoms with Gasteiger partial charge in [0, 0.05) is 21.0 Å². The number of methoxy groups -OCH3 is 1. The molecule has 0 aliphatic rings. The maximum absolute atomic E-state index is 12.6. The van der Waals surface area contributed by atoms with E-state index in [1.807, 2.05) is 30.3 Å². The minimum Gasteiger partial charge on any atom is -0.465 e. The third-order valence-corrected chi connectivity index (χ3v) is 4.72. The van der Waals surface area contributed by atoms with Gasteiger partial charge >= 0.3 is 5.97 Å². The van der Waals surface area contributed by atoms with Gasteiger partial charge in [0.2, 0.25) is 0 Å². The molecule has 0 aliphatic carbocycles. The van der Waals surface area contributed by atoms with Crippen LogP contribution in [0, 0.1) is 0 Å².